The summed E-state index contributed by atoms with van der Waals surface area (Å²) in [7, 11) is 2.95. The van der Waals surface area contributed by atoms with Crippen LogP contribution in [0.3, 0.4) is 0 Å². The molecule has 8 nitrogen and oxygen atoms in total. The van der Waals surface area contributed by atoms with Crippen molar-refractivity contribution >= 4 is 34.1 Å². The molecule has 2 N–H and O–H groups in total. The van der Waals surface area contributed by atoms with E-state index in [0.29, 0.717) is 11.3 Å². The number of ketones is 1. The van der Waals surface area contributed by atoms with Gasteiger partial charge in [-0.3, -0.25) is 9.78 Å². The van der Waals surface area contributed by atoms with Crippen LogP contribution in [0.4, 0.5) is 16.2 Å². The number of piperidine rings is 1. The van der Waals surface area contributed by atoms with Crippen molar-refractivity contribution in [3.8, 4) is 0 Å². The van der Waals surface area contributed by atoms with Gasteiger partial charge in [-0.05, 0) is 49.1 Å². The van der Waals surface area contributed by atoms with Crippen LogP contribution in [0, 0.1) is 0 Å². The Kier molecular flexibility index (Phi) is 7.42. The molecule has 0 radical (unpaired) electrons. The summed E-state index contributed by atoms with van der Waals surface area (Å²) in [5, 5.41) is 11.0. The number of nitrogens with one attached hydrogen (secondary N) is 1. The summed E-state index contributed by atoms with van der Waals surface area (Å²) in [5.41, 5.74) is 5.26. The molecule has 4 aromatic rings. The summed E-state index contributed by atoms with van der Waals surface area (Å²) >= 11 is 0. The highest BCUT2D eigenvalue weighted by molar-refractivity contribution is 6.15. The van der Waals surface area contributed by atoms with Crippen molar-refractivity contribution in [3.63, 3.8) is 0 Å². The minimum atomic E-state index is -0.0654. The first-order valence-corrected chi connectivity index (χ1v) is 13.0. The molecule has 2 aliphatic heterocycles. The normalized spacial score (nSPS) is 15.8. The van der Waals surface area contributed by atoms with E-state index in [1.807, 2.05) is 77.3 Å². The van der Waals surface area contributed by atoms with Crippen LogP contribution in [0.5, 0.6) is 0 Å². The predicted molar refractivity (Wildman–Crippen MR) is 150 cm³/mol. The molecule has 0 atom stereocenters. The second-order valence-electron chi connectivity index (χ2n) is 9.65. The Balaban J connectivity index is 0.00000144. The average Bonchev–Trinajstić information content (AvgIpc) is 3.21. The van der Waals surface area contributed by atoms with Gasteiger partial charge in [-0.1, -0.05) is 36.4 Å². The number of fused-ring (bicyclic) bond motifs is 2. The lowest BCUT2D eigenvalue weighted by atomic mass is 10.0. The Morgan fingerprint density at radius 2 is 1.74 bits per heavy atom. The number of anilines is 2. The molecule has 0 spiro atoms. The van der Waals surface area contributed by atoms with Crippen LogP contribution in [0.15, 0.2) is 73.1 Å². The fourth-order valence-corrected chi connectivity index (χ4v) is 5.57. The molecule has 1 fully saturated rings. The molecule has 196 valence electrons. The number of hydrogen-bond donors (Lipinski definition) is 2. The van der Waals surface area contributed by atoms with E-state index in [-0.39, 0.29) is 17.9 Å². The molecular formula is C30H33N5O3. The lowest BCUT2D eigenvalue weighted by Gasteiger charge is -2.39. The lowest BCUT2D eigenvalue weighted by Crippen LogP contribution is -2.49. The van der Waals surface area contributed by atoms with E-state index in [1.54, 1.807) is 6.20 Å². The molecule has 2 aliphatic rings. The van der Waals surface area contributed by atoms with E-state index in [9.17, 15) is 9.59 Å². The van der Waals surface area contributed by atoms with Crippen molar-refractivity contribution in [3.05, 3.63) is 89.9 Å². The number of benzene rings is 2. The zero-order valence-corrected chi connectivity index (χ0v) is 21.8. The van der Waals surface area contributed by atoms with Crippen molar-refractivity contribution in [1.29, 1.82) is 0 Å². The number of aliphatic hydroxyl groups excluding tert-OH is 1. The van der Waals surface area contributed by atoms with Crippen molar-refractivity contribution in [2.75, 3.05) is 37.0 Å². The molecule has 6 rings (SSSR count). The maximum Gasteiger partial charge on any atom is 0.322 e. The Bertz CT molecular complexity index is 1460. The van der Waals surface area contributed by atoms with Gasteiger partial charge in [0.05, 0.1) is 0 Å². The van der Waals surface area contributed by atoms with Gasteiger partial charge in [0, 0.05) is 80.1 Å². The van der Waals surface area contributed by atoms with Gasteiger partial charge in [-0.25, -0.2) is 4.79 Å². The number of aromatic nitrogens is 2. The third-order valence-corrected chi connectivity index (χ3v) is 7.53. The number of para-hydroxylation sites is 2. The third kappa shape index (κ3) is 4.87. The van der Waals surface area contributed by atoms with Crippen molar-refractivity contribution < 1.29 is 14.7 Å². The fraction of sp³-hybridized carbons (Fsp3) is 0.300. The largest absolute Gasteiger partial charge is 0.400 e. The molecule has 2 aromatic carbocycles. The summed E-state index contributed by atoms with van der Waals surface area (Å²) in [4.78, 5) is 35.0. The SMILES string of the molecule is CO.Cn1cc(C(=O)c2cc(N3CCC(N4CCc5ccccc5NC4=O)CC3)ccn2)c2ccccc21. The first-order valence-electron chi connectivity index (χ1n) is 13.0. The molecule has 0 bridgehead atoms. The van der Waals surface area contributed by atoms with E-state index in [2.05, 4.69) is 21.3 Å². The highest BCUT2D eigenvalue weighted by Crippen LogP contribution is 2.28. The molecule has 0 saturated carbocycles. The number of aryl methyl sites for hydroxylation is 1. The first-order chi connectivity index (χ1) is 18.6. The summed E-state index contributed by atoms with van der Waals surface area (Å²) in [6.45, 7) is 2.38. The monoisotopic (exact) mass is 511 g/mol. The number of rotatable bonds is 4. The van der Waals surface area contributed by atoms with Crippen LogP contribution in [0.25, 0.3) is 10.9 Å². The van der Waals surface area contributed by atoms with Crippen molar-refractivity contribution in [2.24, 2.45) is 7.05 Å². The second kappa shape index (κ2) is 11.1. The fourth-order valence-electron chi connectivity index (χ4n) is 5.57. The topological polar surface area (TPSA) is 90.7 Å². The van der Waals surface area contributed by atoms with Crippen molar-refractivity contribution in [2.45, 2.75) is 25.3 Å². The van der Waals surface area contributed by atoms with Gasteiger partial charge in [0.15, 0.2) is 0 Å². The molecule has 1 saturated heterocycles. The standard InChI is InChI=1S/C29H29N5O2.CH4O/c1-32-19-24(23-7-3-5-9-27(23)32)28(35)26-18-22(10-14-30-26)33-15-12-21(13-16-33)34-17-11-20-6-2-4-8-25(20)31-29(34)36;1-2/h2-10,14,18-19,21H,11-13,15-17H2,1H3,(H,31,36);2H,1H3. The van der Waals surface area contributed by atoms with E-state index in [4.69, 9.17) is 5.11 Å². The molecule has 2 aromatic heterocycles. The Labute approximate surface area is 222 Å². The summed E-state index contributed by atoms with van der Waals surface area (Å²) < 4.78 is 1.98. The number of urea groups is 1. The molecule has 38 heavy (non-hydrogen) atoms. The number of hydrogen-bond acceptors (Lipinski definition) is 5. The van der Waals surface area contributed by atoms with Crippen LogP contribution < -0.4 is 10.2 Å². The molecular weight excluding hydrogens is 478 g/mol. The number of amides is 2. The average molecular weight is 512 g/mol. The van der Waals surface area contributed by atoms with E-state index in [0.717, 1.165) is 68.3 Å². The molecule has 2 amide bonds. The van der Waals surface area contributed by atoms with Gasteiger partial charge < -0.3 is 24.8 Å². The lowest BCUT2D eigenvalue weighted by molar-refractivity contribution is 0.103. The molecule has 0 aliphatic carbocycles. The third-order valence-electron chi connectivity index (χ3n) is 7.53. The summed E-state index contributed by atoms with van der Waals surface area (Å²) in [6, 6.07) is 20.0. The second-order valence-corrected chi connectivity index (χ2v) is 9.65. The zero-order valence-electron chi connectivity index (χ0n) is 21.8. The first kappa shape index (κ1) is 25.5. The number of aliphatic hydroxyl groups is 1. The molecule has 8 heteroatoms. The quantitative estimate of drug-likeness (QED) is 0.395. The molecule has 0 unspecified atom stereocenters. The van der Waals surface area contributed by atoms with Gasteiger partial charge in [-0.2, -0.15) is 0 Å². The zero-order chi connectivity index (χ0) is 26.6. The molecule has 4 heterocycles. The summed E-state index contributed by atoms with van der Waals surface area (Å²) in [5.74, 6) is -0.0654. The Morgan fingerprint density at radius 1 is 1.00 bits per heavy atom. The van der Waals surface area contributed by atoms with Crippen LogP contribution in [0.1, 0.15) is 34.5 Å². The maximum absolute atomic E-state index is 13.4. The van der Waals surface area contributed by atoms with Crippen LogP contribution in [0.2, 0.25) is 0 Å². The number of pyridine rings is 1. The highest BCUT2D eigenvalue weighted by Gasteiger charge is 2.30. The Hall–Kier alpha value is -4.17. The smallest absolute Gasteiger partial charge is 0.322 e. The number of carbonyl (C=O) groups excluding carboxylic acids is 2. The minimum absolute atomic E-state index is 0.00900. The highest BCUT2D eigenvalue weighted by atomic mass is 16.2. The van der Waals surface area contributed by atoms with Gasteiger partial charge >= 0.3 is 6.03 Å². The minimum Gasteiger partial charge on any atom is -0.400 e. The number of nitrogens with zero attached hydrogens (tertiary/aromatic N) is 4. The Morgan fingerprint density at radius 3 is 2.55 bits per heavy atom. The van der Waals surface area contributed by atoms with Gasteiger partial charge in [0.1, 0.15) is 5.69 Å². The van der Waals surface area contributed by atoms with E-state index in [1.165, 1.54) is 5.56 Å². The van der Waals surface area contributed by atoms with Crippen LogP contribution >= 0.6 is 0 Å². The van der Waals surface area contributed by atoms with Crippen LogP contribution in [-0.4, -0.2) is 64.2 Å². The van der Waals surface area contributed by atoms with Gasteiger partial charge in [0.25, 0.3) is 0 Å². The van der Waals surface area contributed by atoms with Crippen LogP contribution in [-0.2, 0) is 13.5 Å². The summed E-state index contributed by atoms with van der Waals surface area (Å²) in [6.07, 6.45) is 6.24. The number of carbonyl (C=O) groups is 2. The van der Waals surface area contributed by atoms with E-state index >= 15 is 0 Å². The van der Waals surface area contributed by atoms with Crippen molar-refractivity contribution in [1.82, 2.24) is 14.5 Å². The maximum atomic E-state index is 13.4. The van der Waals surface area contributed by atoms with Gasteiger partial charge in [-0.15, -0.1) is 0 Å². The predicted octanol–water partition coefficient (Wildman–Crippen LogP) is 4.47. The van der Waals surface area contributed by atoms with E-state index < -0.39 is 0 Å². The van der Waals surface area contributed by atoms with Gasteiger partial charge in [0.2, 0.25) is 5.78 Å².